The van der Waals surface area contributed by atoms with Gasteiger partial charge >= 0.3 is 0 Å². The summed E-state index contributed by atoms with van der Waals surface area (Å²) in [5.74, 6) is 1.41. The van der Waals surface area contributed by atoms with Crippen LogP contribution < -0.4 is 4.72 Å². The average molecular weight is 373 g/mol. The molecule has 1 fully saturated rings. The number of aryl methyl sites for hydroxylation is 1. The fourth-order valence-electron chi connectivity index (χ4n) is 2.78. The lowest BCUT2D eigenvalue weighted by molar-refractivity contribution is 0.594. The van der Waals surface area contributed by atoms with Crippen molar-refractivity contribution in [3.63, 3.8) is 0 Å². The first kappa shape index (κ1) is 16.7. The standard InChI is InChI=1S/C16H19N7O2S/c1-2-15-19-16(11-22(15)10-12-3-4-12)26(24,25)20-13-9-17-6-5-14(13)23-8-7-18-21-23/h5-9,11-12,20H,2-4,10H2,1H3. The molecule has 0 aromatic carbocycles. The summed E-state index contributed by atoms with van der Waals surface area (Å²) in [6, 6.07) is 1.66. The van der Waals surface area contributed by atoms with E-state index < -0.39 is 10.0 Å². The number of imidazole rings is 1. The van der Waals surface area contributed by atoms with Gasteiger partial charge in [0.2, 0.25) is 0 Å². The normalized spacial score (nSPS) is 14.5. The van der Waals surface area contributed by atoms with Crippen molar-refractivity contribution >= 4 is 15.7 Å². The van der Waals surface area contributed by atoms with Crippen LogP contribution in [0.25, 0.3) is 5.69 Å². The van der Waals surface area contributed by atoms with E-state index in [9.17, 15) is 8.42 Å². The van der Waals surface area contributed by atoms with Crippen LogP contribution in [0.15, 0.2) is 42.1 Å². The number of hydrogen-bond acceptors (Lipinski definition) is 6. The maximum atomic E-state index is 12.8. The molecule has 0 unspecified atom stereocenters. The lowest BCUT2D eigenvalue weighted by Crippen LogP contribution is -2.15. The lowest BCUT2D eigenvalue weighted by Gasteiger charge is -2.10. The van der Waals surface area contributed by atoms with Gasteiger partial charge in [-0.2, -0.15) is 8.42 Å². The Morgan fingerprint density at radius 3 is 2.85 bits per heavy atom. The maximum absolute atomic E-state index is 12.8. The van der Waals surface area contributed by atoms with Gasteiger partial charge in [0.1, 0.15) is 5.82 Å². The number of sulfonamides is 1. The molecule has 3 aromatic heterocycles. The molecule has 10 heteroatoms. The molecule has 9 nitrogen and oxygen atoms in total. The highest BCUT2D eigenvalue weighted by atomic mass is 32.2. The molecule has 0 saturated heterocycles. The van der Waals surface area contributed by atoms with Gasteiger partial charge < -0.3 is 4.57 Å². The molecule has 1 aliphatic carbocycles. The van der Waals surface area contributed by atoms with Gasteiger partial charge in [-0.15, -0.1) is 5.10 Å². The van der Waals surface area contributed by atoms with Crippen LogP contribution in [0.5, 0.6) is 0 Å². The minimum absolute atomic E-state index is 0.0170. The largest absolute Gasteiger partial charge is 0.333 e. The summed E-state index contributed by atoms with van der Waals surface area (Å²) in [7, 11) is -3.84. The minimum atomic E-state index is -3.84. The zero-order chi connectivity index (χ0) is 18.1. The van der Waals surface area contributed by atoms with E-state index in [0.29, 0.717) is 23.7 Å². The maximum Gasteiger partial charge on any atom is 0.281 e. The number of nitrogens with one attached hydrogen (secondary N) is 1. The second-order valence-corrected chi connectivity index (χ2v) is 7.92. The van der Waals surface area contributed by atoms with Gasteiger partial charge in [0.05, 0.1) is 30.0 Å². The third kappa shape index (κ3) is 3.32. The molecule has 0 aliphatic heterocycles. The van der Waals surface area contributed by atoms with Crippen LogP contribution in [-0.4, -0.2) is 37.9 Å². The van der Waals surface area contributed by atoms with Crippen LogP contribution >= 0.6 is 0 Å². The fraction of sp³-hybridized carbons (Fsp3) is 0.375. The predicted octanol–water partition coefficient (Wildman–Crippen LogP) is 1.63. The van der Waals surface area contributed by atoms with Crippen molar-refractivity contribution in [1.29, 1.82) is 0 Å². The summed E-state index contributed by atoms with van der Waals surface area (Å²) in [6.45, 7) is 2.79. The second kappa shape index (κ2) is 6.52. The van der Waals surface area contributed by atoms with Gasteiger partial charge in [-0.25, -0.2) is 9.67 Å². The molecular weight excluding hydrogens is 354 g/mol. The summed E-state index contributed by atoms with van der Waals surface area (Å²) in [5, 5.41) is 7.68. The van der Waals surface area contributed by atoms with Crippen molar-refractivity contribution in [3.8, 4) is 5.69 Å². The summed E-state index contributed by atoms with van der Waals surface area (Å²) >= 11 is 0. The Kier molecular flexibility index (Phi) is 4.19. The van der Waals surface area contributed by atoms with Crippen LogP contribution in [0.2, 0.25) is 0 Å². The van der Waals surface area contributed by atoms with Crippen LogP contribution in [0.3, 0.4) is 0 Å². The molecule has 3 heterocycles. The summed E-state index contributed by atoms with van der Waals surface area (Å²) < 4.78 is 31.7. The van der Waals surface area contributed by atoms with E-state index in [2.05, 4.69) is 25.0 Å². The zero-order valence-electron chi connectivity index (χ0n) is 14.3. The minimum Gasteiger partial charge on any atom is -0.333 e. The molecule has 26 heavy (non-hydrogen) atoms. The molecule has 3 aromatic rings. The van der Waals surface area contributed by atoms with E-state index in [0.717, 1.165) is 12.4 Å². The quantitative estimate of drug-likeness (QED) is 0.674. The molecule has 0 bridgehead atoms. The Balaban J connectivity index is 1.65. The van der Waals surface area contributed by atoms with Gasteiger partial charge in [-0.1, -0.05) is 12.1 Å². The number of anilines is 1. The topological polar surface area (TPSA) is 108 Å². The van der Waals surface area contributed by atoms with E-state index in [1.165, 1.54) is 29.9 Å². The summed E-state index contributed by atoms with van der Waals surface area (Å²) in [5.41, 5.74) is 0.849. The lowest BCUT2D eigenvalue weighted by atomic mass is 10.3. The number of nitrogens with zero attached hydrogens (tertiary/aromatic N) is 6. The van der Waals surface area contributed by atoms with E-state index in [1.54, 1.807) is 24.7 Å². The number of rotatable bonds is 7. The molecular formula is C16H19N7O2S. The molecule has 1 aliphatic rings. The highest BCUT2D eigenvalue weighted by Gasteiger charge is 2.26. The monoisotopic (exact) mass is 373 g/mol. The Morgan fingerprint density at radius 1 is 1.31 bits per heavy atom. The van der Waals surface area contributed by atoms with Gasteiger partial charge in [0.15, 0.2) is 5.03 Å². The molecule has 0 radical (unpaired) electrons. The van der Waals surface area contributed by atoms with Crippen molar-refractivity contribution in [1.82, 2.24) is 29.5 Å². The summed E-state index contributed by atoms with van der Waals surface area (Å²) in [6.07, 6.45) is 10.8. The summed E-state index contributed by atoms with van der Waals surface area (Å²) in [4.78, 5) is 8.33. The van der Waals surface area contributed by atoms with Crippen LogP contribution in [0.4, 0.5) is 5.69 Å². The predicted molar refractivity (Wildman–Crippen MR) is 94.3 cm³/mol. The smallest absolute Gasteiger partial charge is 0.281 e. The molecule has 4 rings (SSSR count). The van der Waals surface area contributed by atoms with Crippen molar-refractivity contribution in [2.45, 2.75) is 37.8 Å². The molecule has 0 atom stereocenters. The SMILES string of the molecule is CCc1nc(S(=O)(=O)Nc2cnccc2-n2ccnn2)cn1CC1CC1. The Labute approximate surface area is 151 Å². The molecule has 0 spiro atoms. The third-order valence-corrected chi connectivity index (χ3v) is 5.53. The van der Waals surface area contributed by atoms with Crippen LogP contribution in [-0.2, 0) is 23.0 Å². The van der Waals surface area contributed by atoms with Crippen molar-refractivity contribution in [2.24, 2.45) is 5.92 Å². The van der Waals surface area contributed by atoms with Crippen molar-refractivity contribution in [3.05, 3.63) is 42.9 Å². The van der Waals surface area contributed by atoms with E-state index in [4.69, 9.17) is 0 Å². The number of pyridine rings is 1. The van der Waals surface area contributed by atoms with Crippen LogP contribution in [0, 0.1) is 5.92 Å². The van der Waals surface area contributed by atoms with E-state index in [-0.39, 0.29) is 5.03 Å². The van der Waals surface area contributed by atoms with E-state index in [1.807, 2.05) is 11.5 Å². The molecule has 1 saturated carbocycles. The highest BCUT2D eigenvalue weighted by molar-refractivity contribution is 7.92. The van der Waals surface area contributed by atoms with Gasteiger partial charge in [0, 0.05) is 25.4 Å². The molecule has 0 amide bonds. The van der Waals surface area contributed by atoms with Crippen molar-refractivity contribution < 1.29 is 8.42 Å². The fourth-order valence-corrected chi connectivity index (χ4v) is 3.82. The van der Waals surface area contributed by atoms with Crippen molar-refractivity contribution in [2.75, 3.05) is 4.72 Å². The molecule has 1 N–H and O–H groups in total. The first-order valence-corrected chi connectivity index (χ1v) is 9.94. The zero-order valence-corrected chi connectivity index (χ0v) is 15.1. The van der Waals surface area contributed by atoms with E-state index >= 15 is 0 Å². The first-order valence-electron chi connectivity index (χ1n) is 8.46. The van der Waals surface area contributed by atoms with Crippen LogP contribution in [0.1, 0.15) is 25.6 Å². The van der Waals surface area contributed by atoms with Gasteiger partial charge in [-0.05, 0) is 24.8 Å². The highest BCUT2D eigenvalue weighted by Crippen LogP contribution is 2.31. The number of aromatic nitrogens is 6. The molecule has 136 valence electrons. The second-order valence-electron chi connectivity index (χ2n) is 6.29. The Morgan fingerprint density at radius 2 is 2.15 bits per heavy atom. The Hall–Kier alpha value is -2.75. The number of hydrogen-bond donors (Lipinski definition) is 1. The Bertz CT molecular complexity index is 1010. The average Bonchev–Trinajstić information content (AvgIpc) is 3.11. The first-order chi connectivity index (χ1) is 12.6. The third-order valence-electron chi connectivity index (χ3n) is 4.29. The van der Waals surface area contributed by atoms with Gasteiger partial charge in [0.25, 0.3) is 10.0 Å². The van der Waals surface area contributed by atoms with Gasteiger partial charge in [-0.3, -0.25) is 9.71 Å².